The van der Waals surface area contributed by atoms with Gasteiger partial charge in [-0.25, -0.2) is 14.4 Å². The second kappa shape index (κ2) is 13.6. The van der Waals surface area contributed by atoms with E-state index in [9.17, 15) is 4.39 Å². The maximum atomic E-state index is 14.6. The van der Waals surface area contributed by atoms with Crippen LogP contribution in [0.25, 0.3) is 22.5 Å². The lowest BCUT2D eigenvalue weighted by molar-refractivity contribution is 0.0907. The van der Waals surface area contributed by atoms with Crippen LogP contribution in [0.15, 0.2) is 73.1 Å². The molecular formula is C30H37FN2O2. The van der Waals surface area contributed by atoms with Gasteiger partial charge in [0.25, 0.3) is 0 Å². The molecule has 0 aliphatic rings. The van der Waals surface area contributed by atoms with E-state index in [0.717, 1.165) is 54.5 Å². The minimum Gasteiger partial charge on any atom is -0.490 e. The maximum absolute atomic E-state index is 14.6. The molecule has 0 unspecified atom stereocenters. The maximum Gasteiger partial charge on any atom is 0.159 e. The van der Waals surface area contributed by atoms with E-state index < -0.39 is 5.67 Å². The summed E-state index contributed by atoms with van der Waals surface area (Å²) >= 11 is 0. The molecule has 0 amide bonds. The van der Waals surface area contributed by atoms with Crippen LogP contribution in [-0.2, 0) is 0 Å². The van der Waals surface area contributed by atoms with Crippen LogP contribution < -0.4 is 9.47 Å². The largest absolute Gasteiger partial charge is 0.490 e. The summed E-state index contributed by atoms with van der Waals surface area (Å²) in [4.78, 5) is 9.07. The lowest BCUT2D eigenvalue weighted by Gasteiger charge is -2.20. The van der Waals surface area contributed by atoms with Crippen LogP contribution in [0.5, 0.6) is 11.5 Å². The summed E-state index contributed by atoms with van der Waals surface area (Å²) in [5.74, 6) is 2.14. The number of allylic oxidation sites excluding steroid dienone is 1. The first-order valence-corrected chi connectivity index (χ1v) is 12.6. The minimum atomic E-state index is -1.31. The van der Waals surface area contributed by atoms with Crippen LogP contribution in [0.4, 0.5) is 4.39 Å². The van der Waals surface area contributed by atoms with E-state index >= 15 is 0 Å². The highest BCUT2D eigenvalue weighted by Crippen LogP contribution is 2.26. The lowest BCUT2D eigenvalue weighted by Crippen LogP contribution is -2.27. The quantitative estimate of drug-likeness (QED) is 0.174. The van der Waals surface area contributed by atoms with Crippen molar-refractivity contribution >= 4 is 0 Å². The summed E-state index contributed by atoms with van der Waals surface area (Å²) in [6.45, 7) is 6.52. The van der Waals surface area contributed by atoms with Crippen molar-refractivity contribution in [3.05, 3.63) is 73.1 Å². The number of alkyl halides is 1. The van der Waals surface area contributed by atoms with Crippen molar-refractivity contribution in [2.24, 2.45) is 0 Å². The third-order valence-corrected chi connectivity index (χ3v) is 5.76. The number of aromatic nitrogens is 2. The molecule has 3 aromatic rings. The lowest BCUT2D eigenvalue weighted by atomic mass is 10.0. The Morgan fingerprint density at radius 1 is 0.771 bits per heavy atom. The molecule has 1 atom stereocenters. The fraction of sp³-hybridized carbons (Fsp3) is 0.400. The van der Waals surface area contributed by atoms with E-state index in [1.165, 1.54) is 0 Å². The van der Waals surface area contributed by atoms with E-state index in [0.29, 0.717) is 24.6 Å². The van der Waals surface area contributed by atoms with Crippen molar-refractivity contribution in [2.75, 3.05) is 13.2 Å². The van der Waals surface area contributed by atoms with E-state index in [2.05, 4.69) is 29.9 Å². The Hall–Kier alpha value is -3.21. The predicted molar refractivity (Wildman–Crippen MR) is 142 cm³/mol. The Labute approximate surface area is 209 Å². The van der Waals surface area contributed by atoms with Crippen LogP contribution in [-0.4, -0.2) is 28.9 Å². The number of nitrogens with zero attached hydrogens (tertiary/aromatic N) is 2. The van der Waals surface area contributed by atoms with Gasteiger partial charge in [-0.2, -0.15) is 0 Å². The highest BCUT2D eigenvalue weighted by molar-refractivity contribution is 5.64. The third kappa shape index (κ3) is 8.82. The van der Waals surface area contributed by atoms with Crippen LogP contribution in [0, 0.1) is 0 Å². The highest BCUT2D eigenvalue weighted by Gasteiger charge is 2.23. The molecule has 0 fully saturated rings. The molecule has 0 aliphatic heterocycles. The van der Waals surface area contributed by atoms with Crippen molar-refractivity contribution in [3.63, 3.8) is 0 Å². The summed E-state index contributed by atoms with van der Waals surface area (Å²) in [6, 6.07) is 15.4. The highest BCUT2D eigenvalue weighted by atomic mass is 19.1. The molecule has 0 aliphatic carbocycles. The fourth-order valence-electron chi connectivity index (χ4n) is 3.62. The Bertz CT molecular complexity index is 1030. The van der Waals surface area contributed by atoms with Gasteiger partial charge >= 0.3 is 0 Å². The van der Waals surface area contributed by atoms with Crippen molar-refractivity contribution in [2.45, 2.75) is 65.0 Å². The molecule has 0 N–H and O–H groups in total. The molecule has 0 bridgehead atoms. The van der Waals surface area contributed by atoms with Gasteiger partial charge in [-0.05, 0) is 61.7 Å². The number of hydrogen-bond donors (Lipinski definition) is 0. The van der Waals surface area contributed by atoms with E-state index in [1.807, 2.05) is 67.0 Å². The summed E-state index contributed by atoms with van der Waals surface area (Å²) in [5, 5.41) is 0. The van der Waals surface area contributed by atoms with Crippen molar-refractivity contribution in [3.8, 4) is 34.0 Å². The normalized spacial score (nSPS) is 13.0. The SMILES string of the molecule is CCC/C=C\COc1ccc(-c2ncc(-c3ccc(OC[C@@](C)(F)CCCCC)cc3)cn2)cc1. The van der Waals surface area contributed by atoms with Gasteiger partial charge in [0.2, 0.25) is 0 Å². The van der Waals surface area contributed by atoms with Gasteiger partial charge in [-0.3, -0.25) is 0 Å². The first-order chi connectivity index (χ1) is 17.0. The number of halogens is 1. The smallest absolute Gasteiger partial charge is 0.159 e. The van der Waals surface area contributed by atoms with Gasteiger partial charge < -0.3 is 9.47 Å². The van der Waals surface area contributed by atoms with Crippen molar-refractivity contribution in [1.82, 2.24) is 9.97 Å². The second-order valence-electron chi connectivity index (χ2n) is 9.07. The predicted octanol–water partition coefficient (Wildman–Crippen LogP) is 8.23. The van der Waals surface area contributed by atoms with Crippen molar-refractivity contribution in [1.29, 1.82) is 0 Å². The number of ether oxygens (including phenoxy) is 2. The Morgan fingerprint density at radius 3 is 2.03 bits per heavy atom. The molecule has 0 saturated carbocycles. The van der Waals surface area contributed by atoms with E-state index in [4.69, 9.17) is 9.47 Å². The van der Waals surface area contributed by atoms with Crippen LogP contribution in [0.1, 0.15) is 59.3 Å². The average molecular weight is 477 g/mol. The summed E-state index contributed by atoms with van der Waals surface area (Å²) in [7, 11) is 0. The number of unbranched alkanes of at least 4 members (excludes halogenated alkanes) is 3. The third-order valence-electron chi connectivity index (χ3n) is 5.76. The summed E-state index contributed by atoms with van der Waals surface area (Å²) in [5.41, 5.74) is 1.51. The molecule has 35 heavy (non-hydrogen) atoms. The van der Waals surface area contributed by atoms with Crippen LogP contribution in [0.3, 0.4) is 0 Å². The average Bonchev–Trinajstić information content (AvgIpc) is 2.88. The molecule has 0 radical (unpaired) electrons. The van der Waals surface area contributed by atoms with Crippen molar-refractivity contribution < 1.29 is 13.9 Å². The molecule has 1 heterocycles. The van der Waals surface area contributed by atoms with Gasteiger partial charge in [0, 0.05) is 23.5 Å². The monoisotopic (exact) mass is 476 g/mol. The standard InChI is InChI=1S/C30H37FN2O2/c1-4-6-8-10-20-34-27-17-13-25(14-18-27)29-32-21-26(22-33-29)24-11-15-28(16-12-24)35-23-30(3,31)19-9-7-5-2/h8,10-18,21-22H,4-7,9,19-20,23H2,1-3H3/b10-8-/t30-/m0/s1. The van der Waals surface area contributed by atoms with Gasteiger partial charge in [-0.15, -0.1) is 0 Å². The van der Waals surface area contributed by atoms with Crippen LogP contribution in [0.2, 0.25) is 0 Å². The first kappa shape index (κ1) is 26.4. The topological polar surface area (TPSA) is 44.2 Å². The summed E-state index contributed by atoms with van der Waals surface area (Å²) < 4.78 is 26.0. The molecule has 186 valence electrons. The van der Waals surface area contributed by atoms with E-state index in [1.54, 1.807) is 6.92 Å². The molecule has 2 aromatic carbocycles. The van der Waals surface area contributed by atoms with Gasteiger partial charge in [-0.1, -0.05) is 63.8 Å². The molecule has 4 nitrogen and oxygen atoms in total. The summed E-state index contributed by atoms with van der Waals surface area (Å²) in [6.07, 6.45) is 13.6. The zero-order valence-electron chi connectivity index (χ0n) is 21.2. The molecule has 3 rings (SSSR count). The second-order valence-corrected chi connectivity index (χ2v) is 9.07. The number of hydrogen-bond acceptors (Lipinski definition) is 4. The Morgan fingerprint density at radius 2 is 1.40 bits per heavy atom. The Balaban J connectivity index is 1.54. The van der Waals surface area contributed by atoms with Gasteiger partial charge in [0.15, 0.2) is 5.82 Å². The van der Waals surface area contributed by atoms with Crippen LogP contribution >= 0.6 is 0 Å². The molecule has 0 saturated heterocycles. The zero-order chi connectivity index (χ0) is 24.9. The molecule has 5 heteroatoms. The van der Waals surface area contributed by atoms with Gasteiger partial charge in [0.1, 0.15) is 30.4 Å². The zero-order valence-corrected chi connectivity index (χ0v) is 21.2. The number of rotatable bonds is 14. The first-order valence-electron chi connectivity index (χ1n) is 12.6. The number of benzene rings is 2. The molecular weight excluding hydrogens is 439 g/mol. The van der Waals surface area contributed by atoms with Gasteiger partial charge in [0.05, 0.1) is 0 Å². The minimum absolute atomic E-state index is 0.0628. The molecule has 0 spiro atoms. The Kier molecular flexibility index (Phi) is 10.3. The van der Waals surface area contributed by atoms with E-state index in [-0.39, 0.29) is 6.61 Å². The molecule has 1 aromatic heterocycles. The fourth-order valence-corrected chi connectivity index (χ4v) is 3.62.